The number of amides is 1. The molecule has 1 fully saturated rings. The maximum atomic E-state index is 11.7. The Hall–Kier alpha value is -1.84. The summed E-state index contributed by atoms with van der Waals surface area (Å²) in [5.41, 5.74) is 1.84. The molecule has 4 nitrogen and oxygen atoms in total. The Bertz CT molecular complexity index is 528. The number of nitrogens with zero attached hydrogens (tertiary/aromatic N) is 2. The zero-order chi connectivity index (χ0) is 11.0. The van der Waals surface area contributed by atoms with Crippen molar-refractivity contribution in [2.45, 2.75) is 19.3 Å². The number of aromatic nitrogens is 2. The van der Waals surface area contributed by atoms with Crippen LogP contribution in [0.2, 0.25) is 0 Å². The largest absolute Gasteiger partial charge is 0.326 e. The highest BCUT2D eigenvalue weighted by atomic mass is 16.1. The van der Waals surface area contributed by atoms with E-state index in [2.05, 4.69) is 10.4 Å². The molecule has 0 spiro atoms. The molecule has 2 aromatic rings. The molecule has 0 aliphatic heterocycles. The lowest BCUT2D eigenvalue weighted by Gasteiger charge is -2.24. The lowest BCUT2D eigenvalue weighted by molar-refractivity contribution is -0.122. The van der Waals surface area contributed by atoms with Gasteiger partial charge in [-0.05, 0) is 31.0 Å². The van der Waals surface area contributed by atoms with Crippen LogP contribution in [0.4, 0.5) is 5.69 Å². The highest BCUT2D eigenvalue weighted by Gasteiger charge is 2.25. The number of hydrogen-bond acceptors (Lipinski definition) is 2. The van der Waals surface area contributed by atoms with Crippen LogP contribution >= 0.6 is 0 Å². The second-order valence-corrected chi connectivity index (χ2v) is 4.23. The van der Waals surface area contributed by atoms with Gasteiger partial charge in [-0.1, -0.05) is 6.42 Å². The fourth-order valence-electron chi connectivity index (χ4n) is 1.91. The molecule has 3 rings (SSSR count). The number of pyridine rings is 1. The number of nitrogens with one attached hydrogen (secondary N) is 1. The Morgan fingerprint density at radius 1 is 1.44 bits per heavy atom. The van der Waals surface area contributed by atoms with E-state index in [4.69, 9.17) is 0 Å². The molecule has 0 aromatic carbocycles. The maximum Gasteiger partial charge on any atom is 0.227 e. The minimum atomic E-state index is 0.148. The highest BCUT2D eigenvalue weighted by Crippen LogP contribution is 2.27. The van der Waals surface area contributed by atoms with Crippen LogP contribution in [0.3, 0.4) is 0 Å². The van der Waals surface area contributed by atoms with E-state index in [1.54, 1.807) is 10.7 Å². The molecule has 2 aromatic heterocycles. The number of anilines is 1. The molecule has 1 aliphatic rings. The number of rotatable bonds is 2. The van der Waals surface area contributed by atoms with Gasteiger partial charge in [0, 0.05) is 24.0 Å². The Labute approximate surface area is 93.3 Å². The summed E-state index contributed by atoms with van der Waals surface area (Å²) in [6, 6.07) is 5.72. The third-order valence-corrected chi connectivity index (χ3v) is 3.14. The Kier molecular flexibility index (Phi) is 2.13. The molecule has 0 atom stereocenters. The van der Waals surface area contributed by atoms with Gasteiger partial charge in [-0.3, -0.25) is 4.79 Å². The maximum absolute atomic E-state index is 11.7. The van der Waals surface area contributed by atoms with Crippen LogP contribution in [0.1, 0.15) is 19.3 Å². The van der Waals surface area contributed by atoms with E-state index in [1.807, 2.05) is 24.4 Å². The molecule has 4 heteroatoms. The summed E-state index contributed by atoms with van der Waals surface area (Å²) in [5, 5.41) is 7.05. The highest BCUT2D eigenvalue weighted by molar-refractivity contribution is 5.93. The van der Waals surface area contributed by atoms with E-state index in [-0.39, 0.29) is 11.8 Å². The zero-order valence-corrected chi connectivity index (χ0v) is 8.89. The SMILES string of the molecule is O=C(Nc1ccn2nccc2c1)C1CCC1. The van der Waals surface area contributed by atoms with Gasteiger partial charge in [-0.15, -0.1) is 0 Å². The van der Waals surface area contributed by atoms with E-state index in [1.165, 1.54) is 6.42 Å². The number of fused-ring (bicyclic) bond motifs is 1. The van der Waals surface area contributed by atoms with E-state index in [9.17, 15) is 4.79 Å². The first-order valence-corrected chi connectivity index (χ1v) is 5.57. The van der Waals surface area contributed by atoms with Gasteiger partial charge in [-0.2, -0.15) is 5.10 Å². The summed E-state index contributed by atoms with van der Waals surface area (Å²) in [5.74, 6) is 0.372. The Morgan fingerprint density at radius 3 is 3.06 bits per heavy atom. The predicted octanol–water partition coefficient (Wildman–Crippen LogP) is 2.07. The second kappa shape index (κ2) is 3.63. The lowest BCUT2D eigenvalue weighted by atomic mass is 9.85. The van der Waals surface area contributed by atoms with Crippen LogP contribution in [0.25, 0.3) is 5.52 Å². The summed E-state index contributed by atoms with van der Waals surface area (Å²) < 4.78 is 1.78. The quantitative estimate of drug-likeness (QED) is 0.833. The molecule has 1 N–H and O–H groups in total. The summed E-state index contributed by atoms with van der Waals surface area (Å²) >= 11 is 0. The molecule has 1 aliphatic carbocycles. The summed E-state index contributed by atoms with van der Waals surface area (Å²) in [6.45, 7) is 0. The fourth-order valence-corrected chi connectivity index (χ4v) is 1.91. The van der Waals surface area contributed by atoms with Crippen molar-refractivity contribution < 1.29 is 4.79 Å². The minimum Gasteiger partial charge on any atom is -0.326 e. The Morgan fingerprint density at radius 2 is 2.31 bits per heavy atom. The molecular formula is C12H13N3O. The predicted molar refractivity (Wildman–Crippen MR) is 61.2 cm³/mol. The molecule has 1 amide bonds. The number of carbonyl (C=O) groups is 1. The van der Waals surface area contributed by atoms with Gasteiger partial charge >= 0.3 is 0 Å². The molecule has 16 heavy (non-hydrogen) atoms. The van der Waals surface area contributed by atoms with Crippen LogP contribution in [0.5, 0.6) is 0 Å². The average molecular weight is 215 g/mol. The molecule has 0 unspecified atom stereocenters. The monoisotopic (exact) mass is 215 g/mol. The number of carbonyl (C=O) groups excluding carboxylic acids is 1. The van der Waals surface area contributed by atoms with Crippen molar-refractivity contribution in [3.05, 3.63) is 30.6 Å². The Balaban J connectivity index is 1.80. The van der Waals surface area contributed by atoms with Crippen LogP contribution < -0.4 is 5.32 Å². The molecule has 0 saturated heterocycles. The van der Waals surface area contributed by atoms with Crippen molar-refractivity contribution in [3.63, 3.8) is 0 Å². The molecule has 2 heterocycles. The second-order valence-electron chi connectivity index (χ2n) is 4.23. The fraction of sp³-hybridized carbons (Fsp3) is 0.333. The first-order valence-electron chi connectivity index (χ1n) is 5.57. The molecular weight excluding hydrogens is 202 g/mol. The first-order chi connectivity index (χ1) is 7.83. The van der Waals surface area contributed by atoms with Gasteiger partial charge in [0.05, 0.1) is 5.52 Å². The van der Waals surface area contributed by atoms with E-state index in [0.29, 0.717) is 0 Å². The van der Waals surface area contributed by atoms with Gasteiger partial charge < -0.3 is 5.32 Å². The lowest BCUT2D eigenvalue weighted by Crippen LogP contribution is -2.28. The van der Waals surface area contributed by atoms with Crippen molar-refractivity contribution >= 4 is 17.1 Å². The standard InChI is InChI=1S/C12H13N3O/c16-12(9-2-1-3-9)14-10-5-7-15-11(8-10)4-6-13-15/h4-9H,1-3H2,(H,14,16). The van der Waals surface area contributed by atoms with Crippen LogP contribution in [-0.4, -0.2) is 15.5 Å². The smallest absolute Gasteiger partial charge is 0.227 e. The normalized spacial score (nSPS) is 16.0. The van der Waals surface area contributed by atoms with Crippen LogP contribution in [0.15, 0.2) is 30.6 Å². The van der Waals surface area contributed by atoms with Gasteiger partial charge in [-0.25, -0.2) is 4.52 Å². The van der Waals surface area contributed by atoms with Crippen molar-refractivity contribution in [1.82, 2.24) is 9.61 Å². The summed E-state index contributed by atoms with van der Waals surface area (Å²) in [6.07, 6.45) is 6.83. The van der Waals surface area contributed by atoms with Gasteiger partial charge in [0.1, 0.15) is 0 Å². The molecule has 0 radical (unpaired) electrons. The van der Waals surface area contributed by atoms with E-state index >= 15 is 0 Å². The van der Waals surface area contributed by atoms with Crippen molar-refractivity contribution in [1.29, 1.82) is 0 Å². The minimum absolute atomic E-state index is 0.148. The first kappa shape index (κ1) is 9.39. The molecule has 1 saturated carbocycles. The third-order valence-electron chi connectivity index (χ3n) is 3.14. The topological polar surface area (TPSA) is 46.4 Å². The van der Waals surface area contributed by atoms with Gasteiger partial charge in [0.2, 0.25) is 5.91 Å². The van der Waals surface area contributed by atoms with E-state index in [0.717, 1.165) is 24.0 Å². The number of hydrogen-bond donors (Lipinski definition) is 1. The van der Waals surface area contributed by atoms with Gasteiger partial charge in [0.15, 0.2) is 0 Å². The zero-order valence-electron chi connectivity index (χ0n) is 8.89. The van der Waals surface area contributed by atoms with Crippen LogP contribution in [0, 0.1) is 5.92 Å². The van der Waals surface area contributed by atoms with Crippen molar-refractivity contribution in [2.75, 3.05) is 5.32 Å². The van der Waals surface area contributed by atoms with Crippen molar-refractivity contribution in [2.24, 2.45) is 5.92 Å². The average Bonchev–Trinajstić information content (AvgIpc) is 2.61. The summed E-state index contributed by atoms with van der Waals surface area (Å²) in [7, 11) is 0. The van der Waals surface area contributed by atoms with Gasteiger partial charge in [0.25, 0.3) is 0 Å². The third kappa shape index (κ3) is 1.56. The van der Waals surface area contributed by atoms with E-state index < -0.39 is 0 Å². The molecule has 0 bridgehead atoms. The summed E-state index contributed by atoms with van der Waals surface area (Å²) in [4.78, 5) is 11.7. The van der Waals surface area contributed by atoms with Crippen molar-refractivity contribution in [3.8, 4) is 0 Å². The van der Waals surface area contributed by atoms with Crippen LogP contribution in [-0.2, 0) is 4.79 Å². The molecule has 82 valence electrons.